The minimum atomic E-state index is -0.246. The van der Waals surface area contributed by atoms with E-state index in [-0.39, 0.29) is 11.5 Å². The van der Waals surface area contributed by atoms with Crippen LogP contribution in [0.1, 0.15) is 35.6 Å². The molecular weight excluding hydrogens is 224 g/mol. The molecule has 1 aliphatic rings. The van der Waals surface area contributed by atoms with E-state index in [4.69, 9.17) is 4.74 Å². The van der Waals surface area contributed by atoms with Crippen molar-refractivity contribution in [2.75, 3.05) is 14.2 Å². The van der Waals surface area contributed by atoms with Gasteiger partial charge in [0.25, 0.3) is 0 Å². The Morgan fingerprint density at radius 2 is 1.94 bits per heavy atom. The Morgan fingerprint density at radius 3 is 2.39 bits per heavy atom. The molecule has 3 nitrogen and oxygen atoms in total. The highest BCUT2D eigenvalue weighted by molar-refractivity contribution is 5.45. The molecule has 0 heterocycles. The van der Waals surface area contributed by atoms with Crippen molar-refractivity contribution in [2.45, 2.75) is 32.7 Å². The summed E-state index contributed by atoms with van der Waals surface area (Å²) in [6.45, 7) is 4.17. The van der Waals surface area contributed by atoms with Gasteiger partial charge in [-0.15, -0.1) is 0 Å². The maximum Gasteiger partial charge on any atom is 0.123 e. The van der Waals surface area contributed by atoms with E-state index in [9.17, 15) is 5.26 Å². The molecule has 0 saturated heterocycles. The summed E-state index contributed by atoms with van der Waals surface area (Å²) in [6, 6.07) is 6.73. The lowest BCUT2D eigenvalue weighted by molar-refractivity contribution is 0.380. The summed E-state index contributed by atoms with van der Waals surface area (Å²) in [5.41, 5.74) is 3.30. The van der Waals surface area contributed by atoms with Gasteiger partial charge in [-0.05, 0) is 50.9 Å². The van der Waals surface area contributed by atoms with Gasteiger partial charge in [0.15, 0.2) is 0 Å². The molecule has 96 valence electrons. The van der Waals surface area contributed by atoms with Gasteiger partial charge in [-0.1, -0.05) is 6.07 Å². The smallest absolute Gasteiger partial charge is 0.123 e. The van der Waals surface area contributed by atoms with Gasteiger partial charge < -0.3 is 10.1 Å². The molecule has 18 heavy (non-hydrogen) atoms. The number of hydrogen-bond acceptors (Lipinski definition) is 3. The molecule has 0 radical (unpaired) electrons. The highest BCUT2D eigenvalue weighted by Gasteiger charge is 2.51. The van der Waals surface area contributed by atoms with E-state index >= 15 is 0 Å². The maximum absolute atomic E-state index is 9.38. The second-order valence-corrected chi connectivity index (χ2v) is 5.17. The van der Waals surface area contributed by atoms with Crippen LogP contribution >= 0.6 is 0 Å². The summed E-state index contributed by atoms with van der Waals surface area (Å²) < 4.78 is 5.48. The van der Waals surface area contributed by atoms with Crippen molar-refractivity contribution in [3.05, 3.63) is 28.8 Å². The molecular formula is C15H20N2O. The third-order valence-corrected chi connectivity index (χ3v) is 4.01. The minimum absolute atomic E-state index is 0.0525. The van der Waals surface area contributed by atoms with Crippen molar-refractivity contribution in [2.24, 2.45) is 5.41 Å². The molecule has 1 aromatic rings. The van der Waals surface area contributed by atoms with Crippen LogP contribution in [0.15, 0.2) is 12.1 Å². The summed E-state index contributed by atoms with van der Waals surface area (Å²) in [7, 11) is 3.60. The van der Waals surface area contributed by atoms with Gasteiger partial charge in [0.1, 0.15) is 5.75 Å². The number of rotatable bonds is 4. The summed E-state index contributed by atoms with van der Waals surface area (Å²) in [6.07, 6.45) is 1.93. The van der Waals surface area contributed by atoms with Gasteiger partial charge in [-0.2, -0.15) is 5.26 Å². The summed E-state index contributed by atoms with van der Waals surface area (Å²) in [5.74, 6) is 0.874. The lowest BCUT2D eigenvalue weighted by Crippen LogP contribution is -2.26. The lowest BCUT2D eigenvalue weighted by atomic mass is 9.89. The first-order valence-electron chi connectivity index (χ1n) is 6.31. The van der Waals surface area contributed by atoms with Gasteiger partial charge in [0.2, 0.25) is 0 Å². The third kappa shape index (κ3) is 1.97. The van der Waals surface area contributed by atoms with Crippen molar-refractivity contribution < 1.29 is 4.74 Å². The number of benzene rings is 1. The maximum atomic E-state index is 9.38. The summed E-state index contributed by atoms with van der Waals surface area (Å²) >= 11 is 0. The SMILES string of the molecule is CNC(c1cc(C)c(C)cc1OC)C1(C#N)CC1. The fourth-order valence-electron chi connectivity index (χ4n) is 2.54. The molecule has 0 aromatic heterocycles. The first kappa shape index (κ1) is 12.9. The van der Waals surface area contributed by atoms with E-state index in [1.807, 2.05) is 7.05 Å². The highest BCUT2D eigenvalue weighted by atomic mass is 16.5. The fraction of sp³-hybridized carbons (Fsp3) is 0.533. The molecule has 1 aliphatic carbocycles. The molecule has 1 saturated carbocycles. The molecule has 0 bridgehead atoms. The average Bonchev–Trinajstić information content (AvgIpc) is 3.15. The van der Waals surface area contributed by atoms with E-state index in [0.29, 0.717) is 0 Å². The summed E-state index contributed by atoms with van der Waals surface area (Å²) in [5, 5.41) is 12.7. The second-order valence-electron chi connectivity index (χ2n) is 5.17. The lowest BCUT2D eigenvalue weighted by Gasteiger charge is -2.24. The molecule has 1 aromatic carbocycles. The van der Waals surface area contributed by atoms with E-state index in [0.717, 1.165) is 24.2 Å². The third-order valence-electron chi connectivity index (χ3n) is 4.01. The first-order chi connectivity index (χ1) is 8.57. The number of ether oxygens (including phenoxy) is 1. The molecule has 3 heteroatoms. The highest BCUT2D eigenvalue weighted by Crippen LogP contribution is 2.55. The minimum Gasteiger partial charge on any atom is -0.496 e. The van der Waals surface area contributed by atoms with Gasteiger partial charge in [0.05, 0.1) is 24.6 Å². The van der Waals surface area contributed by atoms with Crippen LogP contribution in [-0.4, -0.2) is 14.2 Å². The van der Waals surface area contributed by atoms with Crippen LogP contribution in [0.4, 0.5) is 0 Å². The van der Waals surface area contributed by atoms with Gasteiger partial charge in [-0.3, -0.25) is 0 Å². The zero-order chi connectivity index (χ0) is 13.3. The van der Waals surface area contributed by atoms with Crippen LogP contribution in [0.5, 0.6) is 5.75 Å². The number of methoxy groups -OCH3 is 1. The number of nitrogens with zero attached hydrogens (tertiary/aromatic N) is 1. The van der Waals surface area contributed by atoms with E-state index in [1.165, 1.54) is 11.1 Å². The molecule has 0 aliphatic heterocycles. The average molecular weight is 244 g/mol. The Bertz CT molecular complexity index is 498. The quantitative estimate of drug-likeness (QED) is 0.885. The Hall–Kier alpha value is -1.53. The monoisotopic (exact) mass is 244 g/mol. The standard InChI is InChI=1S/C15H20N2O/c1-10-7-12(13(18-4)8-11(10)2)14(17-3)15(9-16)5-6-15/h7-8,14,17H,5-6H2,1-4H3. The number of aryl methyl sites for hydroxylation is 2. The van der Waals surface area contributed by atoms with Gasteiger partial charge in [-0.25, -0.2) is 0 Å². The fourth-order valence-corrected chi connectivity index (χ4v) is 2.54. The van der Waals surface area contributed by atoms with Crippen LogP contribution in [0.25, 0.3) is 0 Å². The molecule has 2 rings (SSSR count). The van der Waals surface area contributed by atoms with Crippen LogP contribution in [0.2, 0.25) is 0 Å². The Balaban J connectivity index is 2.49. The molecule has 1 fully saturated rings. The Morgan fingerprint density at radius 1 is 1.33 bits per heavy atom. The zero-order valence-corrected chi connectivity index (χ0v) is 11.5. The van der Waals surface area contributed by atoms with E-state index in [1.54, 1.807) is 7.11 Å². The molecule has 1 atom stereocenters. The second kappa shape index (κ2) is 4.62. The predicted octanol–water partition coefficient (Wildman–Crippen LogP) is 2.88. The molecule has 1 unspecified atom stereocenters. The van der Waals surface area contributed by atoms with E-state index < -0.39 is 0 Å². The summed E-state index contributed by atoms with van der Waals surface area (Å²) in [4.78, 5) is 0. The predicted molar refractivity (Wildman–Crippen MR) is 71.5 cm³/mol. The van der Waals surface area contributed by atoms with Crippen molar-refractivity contribution in [3.8, 4) is 11.8 Å². The van der Waals surface area contributed by atoms with Crippen molar-refractivity contribution in [1.29, 1.82) is 5.26 Å². The normalized spacial score (nSPS) is 17.9. The zero-order valence-electron chi connectivity index (χ0n) is 11.5. The van der Waals surface area contributed by atoms with Crippen molar-refractivity contribution >= 4 is 0 Å². The van der Waals surface area contributed by atoms with Crippen LogP contribution in [0.3, 0.4) is 0 Å². The van der Waals surface area contributed by atoms with Crippen molar-refractivity contribution in [1.82, 2.24) is 5.32 Å². The number of nitrogens with one attached hydrogen (secondary N) is 1. The van der Waals surface area contributed by atoms with Gasteiger partial charge >= 0.3 is 0 Å². The topological polar surface area (TPSA) is 45.0 Å². The van der Waals surface area contributed by atoms with Crippen LogP contribution < -0.4 is 10.1 Å². The number of nitriles is 1. The van der Waals surface area contributed by atoms with Crippen molar-refractivity contribution in [3.63, 3.8) is 0 Å². The van der Waals surface area contributed by atoms with E-state index in [2.05, 4.69) is 37.4 Å². The first-order valence-corrected chi connectivity index (χ1v) is 6.31. The van der Waals surface area contributed by atoms with Gasteiger partial charge in [0, 0.05) is 5.56 Å². The Labute approximate surface area is 109 Å². The molecule has 1 N–H and O–H groups in total. The molecule has 0 spiro atoms. The molecule has 0 amide bonds. The Kier molecular flexibility index (Phi) is 3.32. The largest absolute Gasteiger partial charge is 0.496 e. The van der Waals surface area contributed by atoms with Crippen LogP contribution in [-0.2, 0) is 0 Å². The number of hydrogen-bond donors (Lipinski definition) is 1. The van der Waals surface area contributed by atoms with Crippen LogP contribution in [0, 0.1) is 30.6 Å².